The Bertz CT molecular complexity index is 567. The van der Waals surface area contributed by atoms with Crippen LogP contribution in [0.1, 0.15) is 31.2 Å². The van der Waals surface area contributed by atoms with E-state index in [1.807, 2.05) is 0 Å². The van der Waals surface area contributed by atoms with Crippen LogP contribution >= 0.6 is 0 Å². The molecule has 2 aliphatic heterocycles. The largest absolute Gasteiger partial charge is 0.312 e. The molecule has 0 amide bonds. The van der Waals surface area contributed by atoms with Crippen LogP contribution < -0.4 is 5.32 Å². The molecule has 1 aromatic rings. The smallest absolute Gasteiger partial charge is 0.0233 e. The van der Waals surface area contributed by atoms with E-state index >= 15 is 0 Å². The molecule has 4 rings (SSSR count). The molecule has 0 spiro atoms. The predicted octanol–water partition coefficient (Wildman–Crippen LogP) is 2.51. The molecule has 0 radical (unpaired) electrons. The van der Waals surface area contributed by atoms with Gasteiger partial charge in [0.1, 0.15) is 0 Å². The molecule has 2 saturated heterocycles. The summed E-state index contributed by atoms with van der Waals surface area (Å²) in [7, 11) is 4.45. The van der Waals surface area contributed by atoms with Gasteiger partial charge < -0.3 is 15.1 Å². The minimum atomic E-state index is 0.745. The first-order valence-electron chi connectivity index (χ1n) is 11.1. The molecule has 3 aliphatic rings. The number of fused-ring (bicyclic) bond motifs is 1. The lowest BCUT2D eigenvalue weighted by molar-refractivity contribution is 0.144. The van der Waals surface area contributed by atoms with Gasteiger partial charge in [0.05, 0.1) is 0 Å². The number of hydrogen-bond donors (Lipinski definition) is 1. The molecule has 0 bridgehead atoms. The highest BCUT2D eigenvalue weighted by Gasteiger charge is 2.42. The van der Waals surface area contributed by atoms with Crippen LogP contribution in [0.5, 0.6) is 0 Å². The van der Waals surface area contributed by atoms with E-state index < -0.39 is 0 Å². The predicted molar refractivity (Wildman–Crippen MR) is 113 cm³/mol. The molecular weight excluding hydrogens is 332 g/mol. The van der Waals surface area contributed by atoms with Gasteiger partial charge in [-0.25, -0.2) is 0 Å². The van der Waals surface area contributed by atoms with Gasteiger partial charge in [-0.05, 0) is 70.3 Å². The van der Waals surface area contributed by atoms with Gasteiger partial charge in [0.2, 0.25) is 0 Å². The highest BCUT2D eigenvalue weighted by molar-refractivity contribution is 5.15. The van der Waals surface area contributed by atoms with Gasteiger partial charge in [0, 0.05) is 44.8 Å². The Kier molecular flexibility index (Phi) is 6.49. The van der Waals surface area contributed by atoms with Crippen LogP contribution in [0.25, 0.3) is 0 Å². The van der Waals surface area contributed by atoms with Crippen molar-refractivity contribution in [3.05, 3.63) is 35.9 Å². The average molecular weight is 371 g/mol. The van der Waals surface area contributed by atoms with Crippen molar-refractivity contribution in [2.45, 2.75) is 44.3 Å². The van der Waals surface area contributed by atoms with Crippen LogP contribution in [0.15, 0.2) is 30.3 Å². The Labute approximate surface area is 165 Å². The molecule has 4 heteroatoms. The summed E-state index contributed by atoms with van der Waals surface area (Å²) in [5.41, 5.74) is 1.46. The Hall–Kier alpha value is -0.940. The number of likely N-dealkylation sites (tertiary alicyclic amines) is 2. The highest BCUT2D eigenvalue weighted by Crippen LogP contribution is 2.38. The molecule has 150 valence electrons. The Morgan fingerprint density at radius 3 is 2.48 bits per heavy atom. The zero-order valence-corrected chi connectivity index (χ0v) is 17.3. The molecule has 1 aliphatic carbocycles. The van der Waals surface area contributed by atoms with E-state index in [2.05, 4.69) is 64.4 Å². The van der Waals surface area contributed by atoms with Crippen molar-refractivity contribution >= 4 is 0 Å². The normalized spacial score (nSPS) is 30.3. The number of hydrogen-bond acceptors (Lipinski definition) is 4. The van der Waals surface area contributed by atoms with Crippen LogP contribution in [-0.4, -0.2) is 80.1 Å². The topological polar surface area (TPSA) is 21.8 Å². The van der Waals surface area contributed by atoms with Gasteiger partial charge in [-0.3, -0.25) is 4.90 Å². The van der Waals surface area contributed by atoms with Crippen molar-refractivity contribution in [2.24, 2.45) is 11.8 Å². The molecule has 0 unspecified atom stereocenters. The first kappa shape index (κ1) is 19.4. The highest BCUT2D eigenvalue weighted by atomic mass is 15.2. The van der Waals surface area contributed by atoms with Crippen LogP contribution in [-0.2, 0) is 6.54 Å². The second-order valence-corrected chi connectivity index (χ2v) is 9.28. The van der Waals surface area contributed by atoms with Crippen molar-refractivity contribution in [1.82, 2.24) is 20.0 Å². The summed E-state index contributed by atoms with van der Waals surface area (Å²) in [6.45, 7) is 8.64. The van der Waals surface area contributed by atoms with Crippen molar-refractivity contribution in [3.63, 3.8) is 0 Å². The molecule has 0 aromatic heterocycles. The first-order valence-corrected chi connectivity index (χ1v) is 11.1. The summed E-state index contributed by atoms with van der Waals surface area (Å²) in [4.78, 5) is 7.75. The molecular formula is C23H38N4. The van der Waals surface area contributed by atoms with E-state index in [0.29, 0.717) is 0 Å². The second-order valence-electron chi connectivity index (χ2n) is 9.28. The Morgan fingerprint density at radius 2 is 1.74 bits per heavy atom. The molecule has 1 saturated carbocycles. The standard InChI is InChI=1S/C23H38N4/c1-25(2)21-10-13-26(14-11-21)15-12-24-23-9-8-20-17-27(18-22(20)23)16-19-6-4-3-5-7-19/h3-7,20-24H,8-18H2,1-2H3/t20-,22-,23+/m0/s1. The van der Waals surface area contributed by atoms with Crippen molar-refractivity contribution < 1.29 is 0 Å². The Balaban J connectivity index is 1.18. The van der Waals surface area contributed by atoms with E-state index in [1.165, 1.54) is 70.5 Å². The van der Waals surface area contributed by atoms with Gasteiger partial charge in [-0.2, -0.15) is 0 Å². The summed E-state index contributed by atoms with van der Waals surface area (Å²) < 4.78 is 0. The molecule has 1 N–H and O–H groups in total. The van der Waals surface area contributed by atoms with Gasteiger partial charge in [-0.1, -0.05) is 30.3 Å². The fourth-order valence-electron chi connectivity index (χ4n) is 5.65. The molecule has 2 heterocycles. The third-order valence-electron chi connectivity index (χ3n) is 7.30. The lowest BCUT2D eigenvalue weighted by Gasteiger charge is -2.35. The molecule has 1 aromatic carbocycles. The maximum atomic E-state index is 3.94. The maximum absolute atomic E-state index is 3.94. The minimum absolute atomic E-state index is 0.745. The number of piperidine rings is 1. The van der Waals surface area contributed by atoms with Gasteiger partial charge >= 0.3 is 0 Å². The molecule has 27 heavy (non-hydrogen) atoms. The average Bonchev–Trinajstić information content (AvgIpc) is 3.24. The SMILES string of the molecule is CN(C)C1CCN(CCN[C@@H]2CC[C@H]3CN(Cc4ccccc4)C[C@@H]32)CC1. The monoisotopic (exact) mass is 370 g/mol. The summed E-state index contributed by atoms with van der Waals surface area (Å²) in [6.07, 6.45) is 5.46. The van der Waals surface area contributed by atoms with Crippen LogP contribution in [0.2, 0.25) is 0 Å². The zero-order chi connectivity index (χ0) is 18.6. The summed E-state index contributed by atoms with van der Waals surface area (Å²) in [6, 6.07) is 12.5. The minimum Gasteiger partial charge on any atom is -0.312 e. The van der Waals surface area contributed by atoms with Crippen molar-refractivity contribution in [2.75, 3.05) is 53.4 Å². The third-order valence-corrected chi connectivity index (χ3v) is 7.30. The van der Waals surface area contributed by atoms with Crippen molar-refractivity contribution in [3.8, 4) is 0 Å². The molecule has 4 nitrogen and oxygen atoms in total. The van der Waals surface area contributed by atoms with Crippen LogP contribution in [0.3, 0.4) is 0 Å². The van der Waals surface area contributed by atoms with E-state index in [4.69, 9.17) is 0 Å². The number of nitrogens with zero attached hydrogens (tertiary/aromatic N) is 3. The summed E-state index contributed by atoms with van der Waals surface area (Å²) in [5, 5.41) is 3.94. The number of nitrogens with one attached hydrogen (secondary N) is 1. The van der Waals surface area contributed by atoms with Gasteiger partial charge in [0.15, 0.2) is 0 Å². The first-order chi connectivity index (χ1) is 13.2. The van der Waals surface area contributed by atoms with E-state index in [0.717, 1.165) is 30.5 Å². The molecule has 3 atom stereocenters. The summed E-state index contributed by atoms with van der Waals surface area (Å²) in [5.74, 6) is 1.79. The zero-order valence-electron chi connectivity index (χ0n) is 17.3. The van der Waals surface area contributed by atoms with E-state index in [9.17, 15) is 0 Å². The van der Waals surface area contributed by atoms with Crippen molar-refractivity contribution in [1.29, 1.82) is 0 Å². The maximum Gasteiger partial charge on any atom is 0.0233 e. The van der Waals surface area contributed by atoms with E-state index in [1.54, 1.807) is 0 Å². The number of rotatable bonds is 7. The molecule has 3 fully saturated rings. The Morgan fingerprint density at radius 1 is 0.963 bits per heavy atom. The number of benzene rings is 1. The second kappa shape index (κ2) is 9.04. The van der Waals surface area contributed by atoms with Crippen LogP contribution in [0, 0.1) is 11.8 Å². The fourth-order valence-corrected chi connectivity index (χ4v) is 5.65. The lowest BCUT2D eigenvalue weighted by Crippen LogP contribution is -2.45. The van der Waals surface area contributed by atoms with E-state index in [-0.39, 0.29) is 0 Å². The summed E-state index contributed by atoms with van der Waals surface area (Å²) >= 11 is 0. The van der Waals surface area contributed by atoms with Gasteiger partial charge in [-0.15, -0.1) is 0 Å². The van der Waals surface area contributed by atoms with Gasteiger partial charge in [0.25, 0.3) is 0 Å². The quantitative estimate of drug-likeness (QED) is 0.796. The third kappa shape index (κ3) is 4.92. The fraction of sp³-hybridized carbons (Fsp3) is 0.739. The lowest BCUT2D eigenvalue weighted by atomic mass is 9.98. The van der Waals surface area contributed by atoms with Crippen LogP contribution in [0.4, 0.5) is 0 Å².